The van der Waals surface area contributed by atoms with Gasteiger partial charge in [-0.3, -0.25) is 0 Å². The molecule has 2 aliphatic rings. The van der Waals surface area contributed by atoms with Crippen LogP contribution in [0.1, 0.15) is 49.3 Å². The average molecular weight is 410 g/mol. The van der Waals surface area contributed by atoms with Gasteiger partial charge in [-0.25, -0.2) is 4.79 Å². The number of hydrogen-bond acceptors (Lipinski definition) is 4. The van der Waals surface area contributed by atoms with Crippen molar-refractivity contribution in [3.8, 4) is 5.75 Å². The summed E-state index contributed by atoms with van der Waals surface area (Å²) in [5.41, 5.74) is 5.27. The molecule has 0 saturated heterocycles. The largest absolute Gasteiger partial charge is 0.497 e. The van der Waals surface area contributed by atoms with Gasteiger partial charge in [0.2, 0.25) is 0 Å². The lowest BCUT2D eigenvalue weighted by molar-refractivity contribution is -0.146. The highest BCUT2D eigenvalue weighted by atomic mass is 16.5. The number of rotatable bonds is 5. The van der Waals surface area contributed by atoms with Crippen molar-refractivity contribution >= 4 is 5.97 Å². The van der Waals surface area contributed by atoms with Crippen molar-refractivity contribution in [1.82, 2.24) is 5.32 Å². The van der Waals surface area contributed by atoms with Gasteiger partial charge in [-0.1, -0.05) is 53.6 Å². The normalized spacial score (nSPS) is 19.2. The van der Waals surface area contributed by atoms with E-state index in [0.717, 1.165) is 18.7 Å². The quantitative estimate of drug-likeness (QED) is 0.643. The van der Waals surface area contributed by atoms with Crippen LogP contribution < -0.4 is 10.1 Å². The van der Waals surface area contributed by atoms with E-state index < -0.39 is 12.1 Å². The molecule has 0 aromatic heterocycles. The Hall–Kier alpha value is -2.63. The van der Waals surface area contributed by atoms with E-state index in [2.05, 4.69) is 29.6 Å². The monoisotopic (exact) mass is 409 g/mol. The Kier molecular flexibility index (Phi) is 8.05. The SMILES string of the molecule is COc1ccc(C[C@@H]2NCCC3=C2CCCC3)cc1.O=C(O)[C@H](O)c1ccccc1. The number of nitrogens with one attached hydrogen (secondary N) is 1. The molecule has 3 N–H and O–H groups in total. The van der Waals surface area contributed by atoms with Gasteiger partial charge in [-0.15, -0.1) is 0 Å². The molecule has 160 valence electrons. The van der Waals surface area contributed by atoms with Gasteiger partial charge in [0, 0.05) is 6.04 Å². The Balaban J connectivity index is 0.000000199. The zero-order valence-electron chi connectivity index (χ0n) is 17.5. The molecule has 0 bridgehead atoms. The van der Waals surface area contributed by atoms with Crippen molar-refractivity contribution in [3.63, 3.8) is 0 Å². The Morgan fingerprint density at radius 1 is 1.07 bits per heavy atom. The molecule has 5 nitrogen and oxygen atoms in total. The highest BCUT2D eigenvalue weighted by molar-refractivity contribution is 5.73. The van der Waals surface area contributed by atoms with E-state index in [0.29, 0.717) is 11.6 Å². The number of hydrogen-bond donors (Lipinski definition) is 3. The zero-order chi connectivity index (χ0) is 21.3. The molecule has 0 amide bonds. The lowest BCUT2D eigenvalue weighted by atomic mass is 9.81. The number of ether oxygens (including phenoxy) is 1. The molecule has 5 heteroatoms. The van der Waals surface area contributed by atoms with Crippen LogP contribution >= 0.6 is 0 Å². The lowest BCUT2D eigenvalue weighted by Crippen LogP contribution is -2.39. The molecule has 0 spiro atoms. The minimum atomic E-state index is -1.41. The average Bonchev–Trinajstić information content (AvgIpc) is 2.80. The third-order valence-electron chi connectivity index (χ3n) is 5.82. The van der Waals surface area contributed by atoms with Crippen molar-refractivity contribution < 1.29 is 19.7 Å². The maximum absolute atomic E-state index is 10.2. The summed E-state index contributed by atoms with van der Waals surface area (Å²) in [6.45, 7) is 1.15. The summed E-state index contributed by atoms with van der Waals surface area (Å²) in [5.74, 6) is -0.283. The summed E-state index contributed by atoms with van der Waals surface area (Å²) in [5, 5.41) is 21.1. The Bertz CT molecular complexity index is 841. The van der Waals surface area contributed by atoms with Crippen LogP contribution in [0.4, 0.5) is 0 Å². The van der Waals surface area contributed by atoms with Crippen LogP contribution in [0.25, 0.3) is 0 Å². The van der Waals surface area contributed by atoms with Crippen LogP contribution in [0, 0.1) is 0 Å². The predicted octanol–water partition coefficient (Wildman–Crippen LogP) is 4.27. The first-order chi connectivity index (χ1) is 14.6. The molecule has 1 heterocycles. The van der Waals surface area contributed by atoms with Crippen LogP contribution in [0.2, 0.25) is 0 Å². The first-order valence-corrected chi connectivity index (χ1v) is 10.6. The lowest BCUT2D eigenvalue weighted by Gasteiger charge is -2.33. The van der Waals surface area contributed by atoms with E-state index in [1.54, 1.807) is 48.6 Å². The van der Waals surface area contributed by atoms with Crippen LogP contribution in [0.5, 0.6) is 5.75 Å². The van der Waals surface area contributed by atoms with Crippen molar-refractivity contribution in [2.24, 2.45) is 0 Å². The molecule has 4 rings (SSSR count). The highest BCUT2D eigenvalue weighted by Gasteiger charge is 2.24. The summed E-state index contributed by atoms with van der Waals surface area (Å²) in [7, 11) is 1.72. The molecule has 0 radical (unpaired) electrons. The summed E-state index contributed by atoms with van der Waals surface area (Å²) in [6.07, 6.45) is 6.40. The van der Waals surface area contributed by atoms with Gasteiger partial charge in [0.15, 0.2) is 6.10 Å². The van der Waals surface area contributed by atoms with E-state index in [1.165, 1.54) is 37.7 Å². The number of benzene rings is 2. The Morgan fingerprint density at radius 3 is 2.43 bits per heavy atom. The number of carbonyl (C=O) groups is 1. The van der Waals surface area contributed by atoms with Gasteiger partial charge in [-0.05, 0) is 68.3 Å². The minimum absolute atomic E-state index is 0.403. The van der Waals surface area contributed by atoms with Gasteiger partial charge in [0.1, 0.15) is 5.75 Å². The second-order valence-corrected chi connectivity index (χ2v) is 7.80. The standard InChI is InChI=1S/C17H23NO.C8H8O3/c1-19-15-8-6-13(7-9-15)12-17-16-5-3-2-4-14(16)10-11-18-17;9-7(8(10)11)6-4-2-1-3-5-6/h6-9,17-18H,2-5,10-12H2,1H3;1-5,7,9H,(H,10,11)/t17-;7-/m01/s1. The smallest absolute Gasteiger partial charge is 0.337 e. The number of aliphatic hydroxyl groups is 1. The van der Waals surface area contributed by atoms with Crippen LogP contribution in [0.15, 0.2) is 65.7 Å². The molecule has 0 fully saturated rings. The third kappa shape index (κ3) is 5.94. The molecule has 0 saturated carbocycles. The zero-order valence-corrected chi connectivity index (χ0v) is 17.5. The first kappa shape index (κ1) is 22.1. The molecule has 2 aromatic rings. The fraction of sp³-hybridized carbons (Fsp3) is 0.400. The van der Waals surface area contributed by atoms with E-state index in [9.17, 15) is 4.79 Å². The molecular weight excluding hydrogens is 378 g/mol. The fourth-order valence-electron chi connectivity index (χ4n) is 4.19. The molecule has 30 heavy (non-hydrogen) atoms. The van der Waals surface area contributed by atoms with E-state index in [1.807, 2.05) is 0 Å². The summed E-state index contributed by atoms with van der Waals surface area (Å²) in [6, 6.07) is 17.3. The molecule has 1 aliphatic carbocycles. The first-order valence-electron chi connectivity index (χ1n) is 10.6. The summed E-state index contributed by atoms with van der Waals surface area (Å²) < 4.78 is 5.22. The topological polar surface area (TPSA) is 78.8 Å². The van der Waals surface area contributed by atoms with Gasteiger partial charge in [0.25, 0.3) is 0 Å². The molecule has 2 atom stereocenters. The number of methoxy groups -OCH3 is 1. The van der Waals surface area contributed by atoms with Crippen LogP contribution in [0.3, 0.4) is 0 Å². The number of aliphatic hydroxyl groups excluding tert-OH is 1. The third-order valence-corrected chi connectivity index (χ3v) is 5.82. The van der Waals surface area contributed by atoms with Gasteiger partial charge >= 0.3 is 5.97 Å². The van der Waals surface area contributed by atoms with Crippen LogP contribution in [-0.2, 0) is 11.2 Å². The van der Waals surface area contributed by atoms with Crippen molar-refractivity contribution in [3.05, 3.63) is 76.9 Å². The highest BCUT2D eigenvalue weighted by Crippen LogP contribution is 2.32. The second-order valence-electron chi connectivity index (χ2n) is 7.80. The van der Waals surface area contributed by atoms with Gasteiger partial charge in [0.05, 0.1) is 7.11 Å². The van der Waals surface area contributed by atoms with E-state index in [-0.39, 0.29) is 0 Å². The predicted molar refractivity (Wildman–Crippen MR) is 118 cm³/mol. The van der Waals surface area contributed by atoms with Crippen molar-refractivity contribution in [2.75, 3.05) is 13.7 Å². The number of carboxylic acids is 1. The molecule has 0 unspecified atom stereocenters. The Labute approximate surface area is 178 Å². The summed E-state index contributed by atoms with van der Waals surface area (Å²) in [4.78, 5) is 10.2. The van der Waals surface area contributed by atoms with Crippen molar-refractivity contribution in [1.29, 1.82) is 0 Å². The molecule has 2 aromatic carbocycles. The second kappa shape index (κ2) is 11.0. The van der Waals surface area contributed by atoms with Gasteiger partial charge < -0.3 is 20.3 Å². The number of aliphatic carboxylic acids is 1. The van der Waals surface area contributed by atoms with Gasteiger partial charge in [-0.2, -0.15) is 0 Å². The van der Waals surface area contributed by atoms with Crippen molar-refractivity contribution in [2.45, 2.75) is 50.7 Å². The van der Waals surface area contributed by atoms with E-state index >= 15 is 0 Å². The van der Waals surface area contributed by atoms with Crippen LogP contribution in [-0.4, -0.2) is 35.9 Å². The maximum atomic E-state index is 10.2. The molecular formula is C25H31NO4. The fourth-order valence-corrected chi connectivity index (χ4v) is 4.19. The number of carboxylic acid groups (broad SMARTS) is 1. The maximum Gasteiger partial charge on any atom is 0.337 e. The molecule has 1 aliphatic heterocycles. The minimum Gasteiger partial charge on any atom is -0.497 e. The summed E-state index contributed by atoms with van der Waals surface area (Å²) >= 11 is 0. The van der Waals surface area contributed by atoms with E-state index in [4.69, 9.17) is 14.9 Å². The Morgan fingerprint density at radius 2 is 1.77 bits per heavy atom.